The highest BCUT2D eigenvalue weighted by Gasteiger charge is 2.04. The van der Waals surface area contributed by atoms with Gasteiger partial charge in [0.15, 0.2) is 5.96 Å². The monoisotopic (exact) mass is 478 g/mol. The number of benzene rings is 2. The first-order chi connectivity index (χ1) is 12.8. The maximum Gasteiger partial charge on any atom is 0.191 e. The number of nitrogens with one attached hydrogen (secondary N) is 3. The second-order valence-electron chi connectivity index (χ2n) is 5.97. The van der Waals surface area contributed by atoms with Gasteiger partial charge in [0.1, 0.15) is 5.75 Å². The standard InChI is InChI=1S/C21H26N4O.HI/c1-3-22-21(23-14-17-10-6-8-12-20(17)26-4-2)24-15-18-13-16-9-5-7-11-19(16)25-18;/h5-13,25H,3-4,14-15H2,1-2H3,(H2,22,23,24);1H. The van der Waals surface area contributed by atoms with Crippen LogP contribution in [0.1, 0.15) is 25.1 Å². The van der Waals surface area contributed by atoms with Crippen molar-refractivity contribution in [1.29, 1.82) is 0 Å². The number of guanidine groups is 1. The third-order valence-electron chi connectivity index (χ3n) is 4.06. The lowest BCUT2D eigenvalue weighted by Crippen LogP contribution is -2.36. The SMILES string of the molecule is CCNC(=NCc1ccccc1OCC)NCc1cc2ccccc2[nH]1.I. The number of para-hydroxylation sites is 2. The van der Waals surface area contributed by atoms with Gasteiger partial charge in [0, 0.05) is 23.3 Å². The summed E-state index contributed by atoms with van der Waals surface area (Å²) in [5, 5.41) is 7.90. The summed E-state index contributed by atoms with van der Waals surface area (Å²) in [6.07, 6.45) is 0. The van der Waals surface area contributed by atoms with E-state index < -0.39 is 0 Å². The lowest BCUT2D eigenvalue weighted by Gasteiger charge is -2.12. The average molecular weight is 478 g/mol. The number of fused-ring (bicyclic) bond motifs is 1. The first-order valence-electron chi connectivity index (χ1n) is 9.09. The van der Waals surface area contributed by atoms with E-state index in [1.165, 1.54) is 5.39 Å². The fourth-order valence-corrected chi connectivity index (χ4v) is 2.84. The third kappa shape index (κ3) is 5.89. The number of hydrogen-bond donors (Lipinski definition) is 3. The van der Waals surface area contributed by atoms with E-state index in [-0.39, 0.29) is 24.0 Å². The molecule has 0 bridgehead atoms. The molecule has 2 aromatic carbocycles. The molecule has 0 saturated carbocycles. The maximum atomic E-state index is 5.68. The van der Waals surface area contributed by atoms with E-state index >= 15 is 0 Å². The Morgan fingerprint density at radius 3 is 2.59 bits per heavy atom. The van der Waals surface area contributed by atoms with Gasteiger partial charge in [0.2, 0.25) is 0 Å². The smallest absolute Gasteiger partial charge is 0.191 e. The zero-order valence-electron chi connectivity index (χ0n) is 15.8. The molecule has 0 aliphatic carbocycles. The van der Waals surface area contributed by atoms with Crippen molar-refractivity contribution in [3.63, 3.8) is 0 Å². The van der Waals surface area contributed by atoms with Crippen LogP contribution in [-0.4, -0.2) is 24.1 Å². The summed E-state index contributed by atoms with van der Waals surface area (Å²) in [7, 11) is 0. The van der Waals surface area contributed by atoms with Gasteiger partial charge >= 0.3 is 0 Å². The first kappa shape index (κ1) is 21.1. The number of nitrogens with zero attached hydrogens (tertiary/aromatic N) is 1. The van der Waals surface area contributed by atoms with Crippen molar-refractivity contribution in [2.45, 2.75) is 26.9 Å². The second kappa shape index (κ2) is 10.8. The van der Waals surface area contributed by atoms with Gasteiger partial charge in [-0.1, -0.05) is 36.4 Å². The van der Waals surface area contributed by atoms with Crippen LogP contribution in [0.25, 0.3) is 10.9 Å². The first-order valence-corrected chi connectivity index (χ1v) is 9.09. The van der Waals surface area contributed by atoms with E-state index in [1.54, 1.807) is 0 Å². The van der Waals surface area contributed by atoms with Crippen molar-refractivity contribution in [3.8, 4) is 5.75 Å². The molecule has 0 aliphatic rings. The van der Waals surface area contributed by atoms with Gasteiger partial charge in [-0.2, -0.15) is 0 Å². The molecule has 1 heterocycles. The molecule has 0 amide bonds. The molecule has 5 nitrogen and oxygen atoms in total. The van der Waals surface area contributed by atoms with Crippen molar-refractivity contribution < 1.29 is 4.74 Å². The molecule has 0 spiro atoms. The van der Waals surface area contributed by atoms with Crippen LogP contribution >= 0.6 is 24.0 Å². The maximum absolute atomic E-state index is 5.68. The summed E-state index contributed by atoms with van der Waals surface area (Å²) in [5.41, 5.74) is 3.36. The number of ether oxygens (including phenoxy) is 1. The number of aromatic nitrogens is 1. The number of rotatable bonds is 7. The molecule has 0 radical (unpaired) electrons. The van der Waals surface area contributed by atoms with Gasteiger partial charge in [0.25, 0.3) is 0 Å². The van der Waals surface area contributed by atoms with Gasteiger partial charge in [-0.25, -0.2) is 4.99 Å². The molecule has 0 fully saturated rings. The minimum absolute atomic E-state index is 0. The van der Waals surface area contributed by atoms with Gasteiger partial charge in [0.05, 0.1) is 19.7 Å². The molecule has 1 aromatic heterocycles. The van der Waals surface area contributed by atoms with Crippen molar-refractivity contribution in [2.75, 3.05) is 13.2 Å². The zero-order valence-corrected chi connectivity index (χ0v) is 18.1. The van der Waals surface area contributed by atoms with Crippen molar-refractivity contribution in [1.82, 2.24) is 15.6 Å². The number of aliphatic imine (C=N–C) groups is 1. The predicted octanol–water partition coefficient (Wildman–Crippen LogP) is 4.44. The van der Waals surface area contributed by atoms with Crippen LogP contribution < -0.4 is 15.4 Å². The number of halogens is 1. The molecule has 144 valence electrons. The van der Waals surface area contributed by atoms with E-state index in [1.807, 2.05) is 31.2 Å². The van der Waals surface area contributed by atoms with Crippen molar-refractivity contribution >= 4 is 40.8 Å². The Hall–Kier alpha value is -2.22. The second-order valence-corrected chi connectivity index (χ2v) is 5.97. The van der Waals surface area contributed by atoms with Crippen LogP contribution in [0.4, 0.5) is 0 Å². The molecule has 0 unspecified atom stereocenters. The highest BCUT2D eigenvalue weighted by molar-refractivity contribution is 14.0. The Morgan fingerprint density at radius 2 is 1.81 bits per heavy atom. The van der Waals surface area contributed by atoms with E-state index in [0.717, 1.165) is 35.0 Å². The fourth-order valence-electron chi connectivity index (χ4n) is 2.84. The lowest BCUT2D eigenvalue weighted by atomic mass is 10.2. The summed E-state index contributed by atoms with van der Waals surface area (Å²) in [6, 6.07) is 18.5. The van der Waals surface area contributed by atoms with Crippen molar-refractivity contribution in [2.24, 2.45) is 4.99 Å². The quantitative estimate of drug-likeness (QED) is 0.267. The molecule has 27 heavy (non-hydrogen) atoms. The molecule has 0 atom stereocenters. The van der Waals surface area contributed by atoms with Gasteiger partial charge in [-0.15, -0.1) is 24.0 Å². The molecule has 0 saturated heterocycles. The fraction of sp³-hybridized carbons (Fsp3) is 0.286. The van der Waals surface area contributed by atoms with Crippen LogP contribution in [0.15, 0.2) is 59.6 Å². The normalized spacial score (nSPS) is 11.1. The third-order valence-corrected chi connectivity index (χ3v) is 4.06. The van der Waals surface area contributed by atoms with Crippen LogP contribution in [-0.2, 0) is 13.1 Å². The molecule has 6 heteroatoms. The van der Waals surface area contributed by atoms with Crippen molar-refractivity contribution in [3.05, 3.63) is 65.9 Å². The molecular weight excluding hydrogens is 451 g/mol. The van der Waals surface area contributed by atoms with Gasteiger partial charge < -0.3 is 20.4 Å². The summed E-state index contributed by atoms with van der Waals surface area (Å²) in [5.74, 6) is 1.68. The largest absolute Gasteiger partial charge is 0.494 e. The molecule has 3 rings (SSSR count). The zero-order chi connectivity index (χ0) is 18.2. The number of aromatic amines is 1. The Morgan fingerprint density at radius 1 is 1.04 bits per heavy atom. The summed E-state index contributed by atoms with van der Waals surface area (Å²) in [6.45, 7) is 6.77. The van der Waals surface area contributed by atoms with Gasteiger partial charge in [-0.05, 0) is 37.4 Å². The lowest BCUT2D eigenvalue weighted by molar-refractivity contribution is 0.336. The molecule has 3 aromatic rings. The van der Waals surface area contributed by atoms with E-state index in [0.29, 0.717) is 19.7 Å². The summed E-state index contributed by atoms with van der Waals surface area (Å²) in [4.78, 5) is 8.12. The highest BCUT2D eigenvalue weighted by atomic mass is 127. The van der Waals surface area contributed by atoms with Crippen LogP contribution in [0.2, 0.25) is 0 Å². The van der Waals surface area contributed by atoms with Crippen LogP contribution in [0.3, 0.4) is 0 Å². The van der Waals surface area contributed by atoms with Gasteiger partial charge in [-0.3, -0.25) is 0 Å². The number of H-pyrrole nitrogens is 1. The molecular formula is C21H27IN4O. The van der Waals surface area contributed by atoms with E-state index in [2.05, 4.69) is 52.9 Å². The molecule has 3 N–H and O–H groups in total. The topological polar surface area (TPSA) is 61.4 Å². The molecule has 0 aliphatic heterocycles. The highest BCUT2D eigenvalue weighted by Crippen LogP contribution is 2.18. The number of hydrogen-bond acceptors (Lipinski definition) is 2. The van der Waals surface area contributed by atoms with Crippen LogP contribution in [0, 0.1) is 0 Å². The Labute approximate surface area is 177 Å². The van der Waals surface area contributed by atoms with E-state index in [4.69, 9.17) is 9.73 Å². The van der Waals surface area contributed by atoms with E-state index in [9.17, 15) is 0 Å². The average Bonchev–Trinajstić information content (AvgIpc) is 3.08. The summed E-state index contributed by atoms with van der Waals surface area (Å²) >= 11 is 0. The Kier molecular flexibility index (Phi) is 8.44. The van der Waals surface area contributed by atoms with Crippen LogP contribution in [0.5, 0.6) is 5.75 Å². The summed E-state index contributed by atoms with van der Waals surface area (Å²) < 4.78 is 5.68. The minimum atomic E-state index is 0. The predicted molar refractivity (Wildman–Crippen MR) is 123 cm³/mol. The Bertz CT molecular complexity index is 842. The Balaban J connectivity index is 0.00000261. The minimum Gasteiger partial charge on any atom is -0.494 e.